The van der Waals surface area contributed by atoms with Gasteiger partial charge in [-0.05, 0) is 55.7 Å². The maximum atomic E-state index is 9.06. The third-order valence-corrected chi connectivity index (χ3v) is 3.87. The van der Waals surface area contributed by atoms with Crippen molar-refractivity contribution in [1.82, 2.24) is 0 Å². The molecule has 0 spiro atoms. The van der Waals surface area contributed by atoms with Crippen molar-refractivity contribution in [3.8, 4) is 6.07 Å². The van der Waals surface area contributed by atoms with Gasteiger partial charge in [-0.2, -0.15) is 5.26 Å². The van der Waals surface area contributed by atoms with Gasteiger partial charge in [0.2, 0.25) is 0 Å². The lowest BCUT2D eigenvalue weighted by Gasteiger charge is -2.25. The highest BCUT2D eigenvalue weighted by Crippen LogP contribution is 2.36. The quantitative estimate of drug-likeness (QED) is 0.806. The molecule has 0 aromatic heterocycles. The number of nitrogens with two attached hydrogens (primary N) is 1. The third-order valence-electron chi connectivity index (χ3n) is 3.87. The summed E-state index contributed by atoms with van der Waals surface area (Å²) in [5.41, 5.74) is 8.14. The Hall–Kier alpha value is -1.69. The number of hydrogen-bond donors (Lipinski definition) is 1. The monoisotopic (exact) mass is 241 g/mol. The van der Waals surface area contributed by atoms with Crippen LogP contribution in [0.5, 0.6) is 0 Å². The third kappa shape index (κ3) is 2.59. The Kier molecular flexibility index (Phi) is 2.87. The molecule has 94 valence electrons. The summed E-state index contributed by atoms with van der Waals surface area (Å²) < 4.78 is 0. The van der Waals surface area contributed by atoms with Crippen LogP contribution in [-0.4, -0.2) is 13.1 Å². The minimum absolute atomic E-state index is 0.582. The summed E-state index contributed by atoms with van der Waals surface area (Å²) in [7, 11) is 0. The fourth-order valence-electron chi connectivity index (χ4n) is 2.35. The van der Waals surface area contributed by atoms with Gasteiger partial charge in [0.05, 0.1) is 5.56 Å². The average Bonchev–Trinajstić information content (AvgIpc) is 3.24. The van der Waals surface area contributed by atoms with E-state index in [2.05, 4.69) is 17.0 Å². The van der Waals surface area contributed by atoms with Crippen LogP contribution in [0.15, 0.2) is 18.2 Å². The van der Waals surface area contributed by atoms with Gasteiger partial charge >= 0.3 is 0 Å². The standard InChI is InChI=1S/C15H19N3/c16-8-13-7-14(5-6-15(13)17)18(9-11-1-2-11)10-12-3-4-12/h5-7,11-12H,1-4,9-10,17H2. The van der Waals surface area contributed by atoms with Gasteiger partial charge in [-0.1, -0.05) is 0 Å². The summed E-state index contributed by atoms with van der Waals surface area (Å²) in [6.45, 7) is 2.29. The van der Waals surface area contributed by atoms with Crippen LogP contribution >= 0.6 is 0 Å². The van der Waals surface area contributed by atoms with Gasteiger partial charge in [0, 0.05) is 24.5 Å². The van der Waals surface area contributed by atoms with Gasteiger partial charge in [-0.15, -0.1) is 0 Å². The van der Waals surface area contributed by atoms with Gasteiger partial charge < -0.3 is 10.6 Å². The average molecular weight is 241 g/mol. The van der Waals surface area contributed by atoms with Crippen molar-refractivity contribution in [2.24, 2.45) is 11.8 Å². The van der Waals surface area contributed by atoms with E-state index >= 15 is 0 Å². The van der Waals surface area contributed by atoms with E-state index in [1.165, 1.54) is 31.4 Å². The highest BCUT2D eigenvalue weighted by Gasteiger charge is 2.29. The lowest BCUT2D eigenvalue weighted by molar-refractivity contribution is 0.679. The first-order valence-corrected chi connectivity index (χ1v) is 6.81. The normalized spacial score (nSPS) is 18.4. The van der Waals surface area contributed by atoms with Crippen molar-refractivity contribution in [3.63, 3.8) is 0 Å². The predicted octanol–water partition coefficient (Wildman–Crippen LogP) is 2.77. The molecule has 3 nitrogen and oxygen atoms in total. The summed E-state index contributed by atoms with van der Waals surface area (Å²) in [6, 6.07) is 8.04. The zero-order valence-corrected chi connectivity index (χ0v) is 10.6. The molecule has 0 unspecified atom stereocenters. The second-order valence-electron chi connectivity index (χ2n) is 5.68. The van der Waals surface area contributed by atoms with Crippen LogP contribution in [0.4, 0.5) is 11.4 Å². The maximum Gasteiger partial charge on any atom is 0.101 e. The molecule has 18 heavy (non-hydrogen) atoms. The van der Waals surface area contributed by atoms with Crippen LogP contribution in [0, 0.1) is 23.2 Å². The van der Waals surface area contributed by atoms with Gasteiger partial charge in [-0.3, -0.25) is 0 Å². The Morgan fingerprint density at radius 2 is 1.78 bits per heavy atom. The van der Waals surface area contributed by atoms with E-state index in [1.54, 1.807) is 0 Å². The molecule has 2 saturated carbocycles. The molecule has 0 atom stereocenters. The van der Waals surface area contributed by atoms with E-state index in [4.69, 9.17) is 11.0 Å². The molecule has 3 heteroatoms. The lowest BCUT2D eigenvalue weighted by atomic mass is 10.1. The van der Waals surface area contributed by atoms with Crippen LogP contribution in [0.2, 0.25) is 0 Å². The first kappa shape index (κ1) is 11.4. The number of nitrogens with zero attached hydrogens (tertiary/aromatic N) is 2. The Morgan fingerprint density at radius 1 is 1.17 bits per heavy atom. The van der Waals surface area contributed by atoms with Crippen molar-refractivity contribution in [2.75, 3.05) is 23.7 Å². The summed E-state index contributed by atoms with van der Waals surface area (Å²) in [5.74, 6) is 1.73. The molecule has 2 aliphatic rings. The minimum Gasteiger partial charge on any atom is -0.398 e. The van der Waals surface area contributed by atoms with Gasteiger partial charge in [0.25, 0.3) is 0 Å². The number of anilines is 2. The summed E-state index contributed by atoms with van der Waals surface area (Å²) in [6.07, 6.45) is 5.45. The van der Waals surface area contributed by atoms with Crippen LogP contribution < -0.4 is 10.6 Å². The molecular formula is C15H19N3. The second kappa shape index (κ2) is 4.53. The SMILES string of the molecule is N#Cc1cc(N(CC2CC2)CC2CC2)ccc1N. The van der Waals surface area contributed by atoms with E-state index in [0.717, 1.165) is 24.9 Å². The predicted molar refractivity (Wildman–Crippen MR) is 73.2 cm³/mol. The minimum atomic E-state index is 0.582. The van der Waals surface area contributed by atoms with Crippen molar-refractivity contribution >= 4 is 11.4 Å². The summed E-state index contributed by atoms with van der Waals surface area (Å²) in [4.78, 5) is 2.45. The highest BCUT2D eigenvalue weighted by molar-refractivity contribution is 5.62. The molecule has 3 rings (SSSR count). The maximum absolute atomic E-state index is 9.06. The highest BCUT2D eigenvalue weighted by atomic mass is 15.1. The number of benzene rings is 1. The van der Waals surface area contributed by atoms with E-state index < -0.39 is 0 Å². The second-order valence-corrected chi connectivity index (χ2v) is 5.68. The topological polar surface area (TPSA) is 53.0 Å². The first-order chi connectivity index (χ1) is 8.76. The number of nitrogen functional groups attached to an aromatic ring is 1. The van der Waals surface area contributed by atoms with Gasteiger partial charge in [-0.25, -0.2) is 0 Å². The van der Waals surface area contributed by atoms with Crippen molar-refractivity contribution < 1.29 is 0 Å². The lowest BCUT2D eigenvalue weighted by Crippen LogP contribution is -2.28. The molecule has 0 bridgehead atoms. The Bertz CT molecular complexity index is 467. The smallest absolute Gasteiger partial charge is 0.101 e. The molecular weight excluding hydrogens is 222 g/mol. The van der Waals surface area contributed by atoms with E-state index in [1.807, 2.05) is 12.1 Å². The Balaban J connectivity index is 1.80. The van der Waals surface area contributed by atoms with Crippen LogP contribution in [0.1, 0.15) is 31.2 Å². The van der Waals surface area contributed by atoms with E-state index in [-0.39, 0.29) is 0 Å². The first-order valence-electron chi connectivity index (χ1n) is 6.81. The van der Waals surface area contributed by atoms with Crippen molar-refractivity contribution in [2.45, 2.75) is 25.7 Å². The van der Waals surface area contributed by atoms with Crippen LogP contribution in [0.3, 0.4) is 0 Å². The van der Waals surface area contributed by atoms with Gasteiger partial charge in [0.1, 0.15) is 6.07 Å². The zero-order chi connectivity index (χ0) is 12.5. The summed E-state index contributed by atoms with van der Waals surface area (Å²) >= 11 is 0. The summed E-state index contributed by atoms with van der Waals surface area (Å²) in [5, 5.41) is 9.06. The molecule has 2 fully saturated rings. The number of hydrogen-bond acceptors (Lipinski definition) is 3. The van der Waals surface area contributed by atoms with Crippen LogP contribution in [0.25, 0.3) is 0 Å². The molecule has 0 saturated heterocycles. The molecule has 2 N–H and O–H groups in total. The largest absolute Gasteiger partial charge is 0.398 e. The Labute approximate surface area is 108 Å². The zero-order valence-electron chi connectivity index (χ0n) is 10.6. The fraction of sp³-hybridized carbons (Fsp3) is 0.533. The van der Waals surface area contributed by atoms with E-state index in [9.17, 15) is 0 Å². The molecule has 1 aromatic rings. The molecule has 2 aliphatic carbocycles. The molecule has 0 radical (unpaired) electrons. The van der Waals surface area contributed by atoms with Crippen LogP contribution in [-0.2, 0) is 0 Å². The molecule has 0 amide bonds. The number of rotatable bonds is 5. The molecule has 1 aromatic carbocycles. The van der Waals surface area contributed by atoms with Gasteiger partial charge in [0.15, 0.2) is 0 Å². The van der Waals surface area contributed by atoms with Crippen molar-refractivity contribution in [1.29, 1.82) is 5.26 Å². The number of nitriles is 1. The Morgan fingerprint density at radius 3 is 2.28 bits per heavy atom. The van der Waals surface area contributed by atoms with E-state index in [0.29, 0.717) is 11.3 Å². The van der Waals surface area contributed by atoms with Crippen molar-refractivity contribution in [3.05, 3.63) is 23.8 Å². The molecule has 0 heterocycles. The fourth-order valence-corrected chi connectivity index (χ4v) is 2.35. The molecule has 0 aliphatic heterocycles.